The van der Waals surface area contributed by atoms with Gasteiger partial charge in [-0.3, -0.25) is 4.79 Å². The van der Waals surface area contributed by atoms with E-state index in [1.807, 2.05) is 0 Å². The summed E-state index contributed by atoms with van der Waals surface area (Å²) < 4.78 is 5.07. The second-order valence-corrected chi connectivity index (χ2v) is 4.58. The Kier molecular flexibility index (Phi) is 5.33. The number of carbonyl (C=O) groups excluding carboxylic acids is 1. The number of amides is 2. The van der Waals surface area contributed by atoms with Crippen molar-refractivity contribution < 1.29 is 24.5 Å². The van der Waals surface area contributed by atoms with Crippen LogP contribution in [0.25, 0.3) is 0 Å². The Morgan fingerprint density at radius 1 is 1.35 bits per heavy atom. The van der Waals surface area contributed by atoms with E-state index in [9.17, 15) is 14.7 Å². The summed E-state index contributed by atoms with van der Waals surface area (Å²) in [6.45, 7) is 1.16. The third-order valence-electron chi connectivity index (χ3n) is 2.52. The van der Waals surface area contributed by atoms with Crippen LogP contribution < -0.4 is 15.4 Å². The maximum Gasteiger partial charge on any atom is 0.319 e. The number of methoxy groups -OCH3 is 1. The molecule has 4 N–H and O–H groups in total. The van der Waals surface area contributed by atoms with E-state index in [1.54, 1.807) is 24.3 Å². The van der Waals surface area contributed by atoms with Gasteiger partial charge in [-0.2, -0.15) is 0 Å². The molecule has 1 aromatic carbocycles. The SMILES string of the molecule is COc1ccccc1NC(=O)NCC(C)(O)CC(=O)O. The zero-order valence-electron chi connectivity index (χ0n) is 11.3. The number of para-hydroxylation sites is 2. The molecule has 1 aromatic rings. The number of rotatable bonds is 6. The Hall–Kier alpha value is -2.28. The van der Waals surface area contributed by atoms with Crippen molar-refractivity contribution in [3.05, 3.63) is 24.3 Å². The molecule has 1 atom stereocenters. The number of urea groups is 1. The molecule has 7 heteroatoms. The lowest BCUT2D eigenvalue weighted by Crippen LogP contribution is -2.43. The molecule has 2 amide bonds. The average molecular weight is 282 g/mol. The normalized spacial score (nSPS) is 13.2. The fourth-order valence-electron chi connectivity index (χ4n) is 1.57. The largest absolute Gasteiger partial charge is 0.495 e. The monoisotopic (exact) mass is 282 g/mol. The highest BCUT2D eigenvalue weighted by molar-refractivity contribution is 5.90. The molecular weight excluding hydrogens is 264 g/mol. The van der Waals surface area contributed by atoms with E-state index in [2.05, 4.69) is 10.6 Å². The molecule has 0 heterocycles. The fraction of sp³-hybridized carbons (Fsp3) is 0.385. The van der Waals surface area contributed by atoms with Crippen LogP contribution in [0.5, 0.6) is 5.75 Å². The van der Waals surface area contributed by atoms with Crippen LogP contribution in [0.15, 0.2) is 24.3 Å². The highest BCUT2D eigenvalue weighted by Gasteiger charge is 2.24. The minimum absolute atomic E-state index is 0.180. The minimum Gasteiger partial charge on any atom is -0.495 e. The molecule has 0 aliphatic heterocycles. The predicted octanol–water partition coefficient (Wildman–Crippen LogP) is 1.04. The van der Waals surface area contributed by atoms with Gasteiger partial charge in [0.2, 0.25) is 0 Å². The van der Waals surface area contributed by atoms with E-state index in [-0.39, 0.29) is 6.54 Å². The van der Waals surface area contributed by atoms with Crippen molar-refractivity contribution in [3.63, 3.8) is 0 Å². The van der Waals surface area contributed by atoms with Gasteiger partial charge in [0.1, 0.15) is 5.75 Å². The van der Waals surface area contributed by atoms with E-state index < -0.39 is 24.0 Å². The maximum absolute atomic E-state index is 11.7. The molecular formula is C13H18N2O5. The summed E-state index contributed by atoms with van der Waals surface area (Å²) in [5, 5.41) is 23.3. The summed E-state index contributed by atoms with van der Waals surface area (Å²) >= 11 is 0. The van der Waals surface area contributed by atoms with Crippen molar-refractivity contribution >= 4 is 17.7 Å². The molecule has 20 heavy (non-hydrogen) atoms. The number of hydrogen-bond acceptors (Lipinski definition) is 4. The number of benzene rings is 1. The van der Waals surface area contributed by atoms with E-state index in [1.165, 1.54) is 14.0 Å². The van der Waals surface area contributed by atoms with Crippen LogP contribution >= 0.6 is 0 Å². The van der Waals surface area contributed by atoms with Gasteiger partial charge in [-0.1, -0.05) is 12.1 Å². The molecule has 0 saturated carbocycles. The van der Waals surface area contributed by atoms with Gasteiger partial charge in [-0.05, 0) is 19.1 Å². The van der Waals surface area contributed by atoms with Crippen molar-refractivity contribution in [2.45, 2.75) is 18.9 Å². The number of hydrogen-bond donors (Lipinski definition) is 4. The van der Waals surface area contributed by atoms with Crippen LogP contribution in [0.1, 0.15) is 13.3 Å². The third-order valence-corrected chi connectivity index (χ3v) is 2.52. The van der Waals surface area contributed by atoms with Gasteiger partial charge in [0.15, 0.2) is 0 Å². The highest BCUT2D eigenvalue weighted by atomic mass is 16.5. The molecule has 1 unspecified atom stereocenters. The van der Waals surface area contributed by atoms with Gasteiger partial charge in [-0.15, -0.1) is 0 Å². The summed E-state index contributed by atoms with van der Waals surface area (Å²) in [5.41, 5.74) is -1.03. The lowest BCUT2D eigenvalue weighted by molar-refractivity contribution is -0.141. The molecule has 0 spiro atoms. The molecule has 0 bridgehead atoms. The quantitative estimate of drug-likeness (QED) is 0.623. The summed E-state index contributed by atoms with van der Waals surface area (Å²) in [6, 6.07) is 6.29. The highest BCUT2D eigenvalue weighted by Crippen LogP contribution is 2.22. The molecule has 1 rings (SSSR count). The van der Waals surface area contributed by atoms with Gasteiger partial charge < -0.3 is 25.6 Å². The molecule has 0 aromatic heterocycles. The zero-order valence-corrected chi connectivity index (χ0v) is 11.3. The van der Waals surface area contributed by atoms with Crippen molar-refractivity contribution in [3.8, 4) is 5.75 Å². The van der Waals surface area contributed by atoms with Gasteiger partial charge in [0, 0.05) is 6.54 Å². The van der Waals surface area contributed by atoms with Crippen LogP contribution in [0.4, 0.5) is 10.5 Å². The van der Waals surface area contributed by atoms with E-state index in [0.717, 1.165) is 0 Å². The fourth-order valence-corrected chi connectivity index (χ4v) is 1.57. The van der Waals surface area contributed by atoms with Crippen molar-refractivity contribution in [2.24, 2.45) is 0 Å². The Labute approximate surface area is 116 Å². The van der Waals surface area contributed by atoms with Crippen LogP contribution in [0.2, 0.25) is 0 Å². The van der Waals surface area contributed by atoms with Crippen molar-refractivity contribution in [1.29, 1.82) is 0 Å². The number of ether oxygens (including phenoxy) is 1. The first-order chi connectivity index (χ1) is 9.34. The molecule has 110 valence electrons. The van der Waals surface area contributed by atoms with Crippen LogP contribution in [-0.4, -0.2) is 41.5 Å². The van der Waals surface area contributed by atoms with Crippen molar-refractivity contribution in [1.82, 2.24) is 5.32 Å². The standard InChI is InChI=1S/C13H18N2O5/c1-13(19,7-11(16)17)8-14-12(18)15-9-5-3-4-6-10(9)20-2/h3-6,19H,7-8H2,1-2H3,(H,16,17)(H2,14,15,18). The molecule has 0 radical (unpaired) electrons. The van der Waals surface area contributed by atoms with Crippen molar-refractivity contribution in [2.75, 3.05) is 19.0 Å². The molecule has 0 saturated heterocycles. The van der Waals surface area contributed by atoms with Gasteiger partial charge in [-0.25, -0.2) is 4.79 Å². The summed E-state index contributed by atoms with van der Waals surface area (Å²) in [7, 11) is 1.48. The van der Waals surface area contributed by atoms with Gasteiger partial charge >= 0.3 is 12.0 Å². The van der Waals surface area contributed by atoms with E-state index in [4.69, 9.17) is 9.84 Å². The number of aliphatic carboxylic acids is 1. The van der Waals surface area contributed by atoms with E-state index in [0.29, 0.717) is 11.4 Å². The number of anilines is 1. The number of aliphatic hydroxyl groups is 1. The lowest BCUT2D eigenvalue weighted by atomic mass is 10.0. The number of nitrogens with one attached hydrogen (secondary N) is 2. The predicted molar refractivity (Wildman–Crippen MR) is 72.9 cm³/mol. The van der Waals surface area contributed by atoms with Gasteiger partial charge in [0.25, 0.3) is 0 Å². The van der Waals surface area contributed by atoms with Crippen LogP contribution in [-0.2, 0) is 4.79 Å². The Balaban J connectivity index is 2.54. The second-order valence-electron chi connectivity index (χ2n) is 4.58. The number of carboxylic acid groups (broad SMARTS) is 1. The first-order valence-corrected chi connectivity index (χ1v) is 5.96. The first-order valence-electron chi connectivity index (χ1n) is 5.96. The maximum atomic E-state index is 11.7. The van der Waals surface area contributed by atoms with E-state index >= 15 is 0 Å². The molecule has 0 aliphatic rings. The first kappa shape index (κ1) is 15.8. The van der Waals surface area contributed by atoms with Crippen LogP contribution in [0.3, 0.4) is 0 Å². The number of carbonyl (C=O) groups is 2. The average Bonchev–Trinajstić information content (AvgIpc) is 2.36. The minimum atomic E-state index is -1.51. The van der Waals surface area contributed by atoms with Gasteiger partial charge in [0.05, 0.1) is 24.8 Å². The summed E-state index contributed by atoms with van der Waals surface area (Å²) in [6.07, 6.45) is -0.456. The smallest absolute Gasteiger partial charge is 0.319 e. The second kappa shape index (κ2) is 6.76. The Morgan fingerprint density at radius 3 is 2.60 bits per heavy atom. The molecule has 7 nitrogen and oxygen atoms in total. The molecule has 0 aliphatic carbocycles. The Morgan fingerprint density at radius 2 is 2.00 bits per heavy atom. The number of carboxylic acids is 1. The Bertz CT molecular complexity index is 487. The van der Waals surface area contributed by atoms with Crippen LogP contribution in [0, 0.1) is 0 Å². The zero-order chi connectivity index (χ0) is 15.2. The topological polar surface area (TPSA) is 108 Å². The molecule has 0 fully saturated rings. The summed E-state index contributed by atoms with van der Waals surface area (Å²) in [5.74, 6) is -0.637. The third kappa shape index (κ3) is 5.15. The summed E-state index contributed by atoms with van der Waals surface area (Å²) in [4.78, 5) is 22.2. The lowest BCUT2D eigenvalue weighted by Gasteiger charge is -2.21.